The highest BCUT2D eigenvalue weighted by atomic mass is 16.7. The van der Waals surface area contributed by atoms with Crippen LogP contribution in [-0.4, -0.2) is 37.1 Å². The molecule has 7 heteroatoms. The molecule has 1 amide bonds. The maximum Gasteiger partial charge on any atom is 0.245 e. The van der Waals surface area contributed by atoms with E-state index in [0.717, 1.165) is 0 Å². The third kappa shape index (κ3) is 4.37. The summed E-state index contributed by atoms with van der Waals surface area (Å²) < 4.78 is 10.6. The molecule has 0 aromatic heterocycles. The molecule has 0 bridgehead atoms. The molecule has 0 saturated carbocycles. The van der Waals surface area contributed by atoms with Gasteiger partial charge in [0.05, 0.1) is 31.8 Å². The number of benzene rings is 1. The van der Waals surface area contributed by atoms with E-state index in [0.29, 0.717) is 18.8 Å². The van der Waals surface area contributed by atoms with Gasteiger partial charge in [-0.1, -0.05) is 24.3 Å². The summed E-state index contributed by atoms with van der Waals surface area (Å²) in [6.07, 6.45) is 1.46. The van der Waals surface area contributed by atoms with Gasteiger partial charge in [-0.25, -0.2) is 5.43 Å². The van der Waals surface area contributed by atoms with E-state index in [9.17, 15) is 14.7 Å². The molecule has 1 N–H and O–H groups in total. The van der Waals surface area contributed by atoms with Crippen LogP contribution in [0.5, 0.6) is 0 Å². The number of rotatable bonds is 5. The largest absolute Gasteiger partial charge is 0.545 e. The highest BCUT2D eigenvalue weighted by Gasteiger charge is 2.33. The van der Waals surface area contributed by atoms with E-state index in [1.54, 1.807) is 19.1 Å². The van der Waals surface area contributed by atoms with Crippen LogP contribution in [0.1, 0.15) is 29.3 Å². The number of carbonyl (C=O) groups is 2. The van der Waals surface area contributed by atoms with Gasteiger partial charge in [-0.05, 0) is 18.1 Å². The first-order valence-electron chi connectivity index (χ1n) is 6.40. The molecule has 1 aliphatic heterocycles. The van der Waals surface area contributed by atoms with Crippen LogP contribution < -0.4 is 10.5 Å². The van der Waals surface area contributed by atoms with E-state index in [2.05, 4.69) is 10.5 Å². The second-order valence-corrected chi connectivity index (χ2v) is 4.71. The minimum Gasteiger partial charge on any atom is -0.545 e. The fourth-order valence-corrected chi connectivity index (χ4v) is 1.87. The first kappa shape index (κ1) is 15.1. The molecule has 1 aromatic carbocycles. The molecule has 1 aliphatic rings. The highest BCUT2D eigenvalue weighted by Crippen LogP contribution is 2.22. The summed E-state index contributed by atoms with van der Waals surface area (Å²) in [5.74, 6) is -2.46. The Labute approximate surface area is 121 Å². The predicted molar refractivity (Wildman–Crippen MR) is 71.4 cm³/mol. The van der Waals surface area contributed by atoms with Crippen LogP contribution in [0.4, 0.5) is 0 Å². The summed E-state index contributed by atoms with van der Waals surface area (Å²) in [5, 5.41) is 14.4. The Morgan fingerprint density at radius 1 is 1.33 bits per heavy atom. The molecule has 1 saturated heterocycles. The lowest BCUT2D eigenvalue weighted by Crippen LogP contribution is -2.33. The number of aromatic carboxylic acids is 1. The van der Waals surface area contributed by atoms with E-state index >= 15 is 0 Å². The van der Waals surface area contributed by atoms with Crippen LogP contribution in [0.3, 0.4) is 0 Å². The topological polar surface area (TPSA) is 100 Å². The molecular weight excluding hydrogens is 276 g/mol. The van der Waals surface area contributed by atoms with E-state index in [4.69, 9.17) is 9.47 Å². The number of carboxylic acids is 1. The lowest BCUT2D eigenvalue weighted by molar-refractivity contribution is -0.255. The zero-order valence-corrected chi connectivity index (χ0v) is 11.5. The van der Waals surface area contributed by atoms with Crippen molar-refractivity contribution in [2.24, 2.45) is 5.10 Å². The minimum absolute atomic E-state index is 0.0496. The van der Waals surface area contributed by atoms with E-state index in [-0.39, 0.29) is 17.9 Å². The molecule has 1 aromatic rings. The summed E-state index contributed by atoms with van der Waals surface area (Å²) in [5.41, 5.74) is 3.10. The van der Waals surface area contributed by atoms with Gasteiger partial charge in [0.2, 0.25) is 5.91 Å². The van der Waals surface area contributed by atoms with Crippen LogP contribution >= 0.6 is 0 Å². The van der Waals surface area contributed by atoms with Crippen molar-refractivity contribution < 1.29 is 24.2 Å². The fraction of sp³-hybridized carbons (Fsp3) is 0.357. The number of amides is 1. The predicted octanol–water partition coefficient (Wildman–Crippen LogP) is -0.347. The molecule has 21 heavy (non-hydrogen) atoms. The third-order valence-electron chi connectivity index (χ3n) is 2.93. The van der Waals surface area contributed by atoms with Crippen LogP contribution in [-0.2, 0) is 14.3 Å². The lowest BCUT2D eigenvalue weighted by atomic mass is 10.1. The zero-order valence-electron chi connectivity index (χ0n) is 11.5. The van der Waals surface area contributed by atoms with Gasteiger partial charge in [-0.2, -0.15) is 5.10 Å². The van der Waals surface area contributed by atoms with Gasteiger partial charge < -0.3 is 19.4 Å². The molecule has 2 rings (SSSR count). The molecule has 0 radical (unpaired) electrons. The third-order valence-corrected chi connectivity index (χ3v) is 2.93. The lowest BCUT2D eigenvalue weighted by Gasteiger charge is -2.20. The van der Waals surface area contributed by atoms with Crippen LogP contribution in [0.25, 0.3) is 0 Å². The summed E-state index contributed by atoms with van der Waals surface area (Å²) >= 11 is 0. The molecule has 0 spiro atoms. The summed E-state index contributed by atoms with van der Waals surface area (Å²) in [6, 6.07) is 5.93. The van der Waals surface area contributed by atoms with E-state index < -0.39 is 11.8 Å². The Balaban J connectivity index is 1.84. The number of hydrogen-bond acceptors (Lipinski definition) is 6. The molecule has 112 valence electrons. The number of carboxylic acid groups (broad SMARTS) is 1. The standard InChI is InChI=1S/C14H16N2O5/c1-14(20-6-7-21-14)8-12(17)16-15-9-10-2-4-11(5-3-10)13(18)19/h2-5,9H,6-8H2,1H3,(H,16,17)(H,18,19)/p-1/b15-9-. The number of ether oxygens (including phenoxy) is 2. The van der Waals surface area contributed by atoms with Crippen molar-refractivity contribution in [3.8, 4) is 0 Å². The van der Waals surface area contributed by atoms with Crippen molar-refractivity contribution in [1.29, 1.82) is 0 Å². The number of nitrogens with zero attached hydrogens (tertiary/aromatic N) is 1. The number of carbonyl (C=O) groups excluding carboxylic acids is 2. The fourth-order valence-electron chi connectivity index (χ4n) is 1.87. The first-order chi connectivity index (χ1) is 9.98. The van der Waals surface area contributed by atoms with Gasteiger partial charge in [0.15, 0.2) is 5.79 Å². The quantitative estimate of drug-likeness (QED) is 0.590. The number of nitrogens with one attached hydrogen (secondary N) is 1. The van der Waals surface area contributed by atoms with Gasteiger partial charge in [-0.15, -0.1) is 0 Å². The van der Waals surface area contributed by atoms with Crippen molar-refractivity contribution in [3.63, 3.8) is 0 Å². The van der Waals surface area contributed by atoms with E-state index in [1.165, 1.54) is 18.3 Å². The molecule has 1 fully saturated rings. The van der Waals surface area contributed by atoms with Gasteiger partial charge in [0.1, 0.15) is 0 Å². The van der Waals surface area contributed by atoms with Gasteiger partial charge in [-0.3, -0.25) is 4.79 Å². The maximum absolute atomic E-state index is 11.7. The Morgan fingerprint density at radius 2 is 1.95 bits per heavy atom. The second-order valence-electron chi connectivity index (χ2n) is 4.71. The Hall–Kier alpha value is -2.25. The summed E-state index contributed by atoms with van der Waals surface area (Å²) in [6.45, 7) is 2.64. The van der Waals surface area contributed by atoms with Crippen molar-refractivity contribution in [3.05, 3.63) is 35.4 Å². The van der Waals surface area contributed by atoms with Crippen LogP contribution in [0, 0.1) is 0 Å². The van der Waals surface area contributed by atoms with Crippen molar-refractivity contribution in [2.45, 2.75) is 19.1 Å². The number of hydrazone groups is 1. The van der Waals surface area contributed by atoms with E-state index in [1.807, 2.05) is 0 Å². The molecule has 0 unspecified atom stereocenters. The minimum atomic E-state index is -1.24. The average Bonchev–Trinajstić information content (AvgIpc) is 2.85. The molecule has 1 heterocycles. The second kappa shape index (κ2) is 6.47. The van der Waals surface area contributed by atoms with Gasteiger partial charge in [0, 0.05) is 0 Å². The summed E-state index contributed by atoms with van der Waals surface area (Å²) in [7, 11) is 0. The highest BCUT2D eigenvalue weighted by molar-refractivity contribution is 5.88. The average molecular weight is 291 g/mol. The molecule has 0 aliphatic carbocycles. The molecule has 7 nitrogen and oxygen atoms in total. The Bertz CT molecular complexity index is 547. The van der Waals surface area contributed by atoms with Crippen LogP contribution in [0.2, 0.25) is 0 Å². The smallest absolute Gasteiger partial charge is 0.245 e. The van der Waals surface area contributed by atoms with Crippen molar-refractivity contribution >= 4 is 18.1 Å². The monoisotopic (exact) mass is 291 g/mol. The SMILES string of the molecule is CC1(CC(=O)N/N=C\c2ccc(C(=O)[O-])cc2)OCCO1. The van der Waals surface area contributed by atoms with Gasteiger partial charge in [0.25, 0.3) is 0 Å². The van der Waals surface area contributed by atoms with Gasteiger partial charge >= 0.3 is 0 Å². The van der Waals surface area contributed by atoms with Crippen molar-refractivity contribution in [1.82, 2.24) is 5.43 Å². The van der Waals surface area contributed by atoms with Crippen molar-refractivity contribution in [2.75, 3.05) is 13.2 Å². The first-order valence-corrected chi connectivity index (χ1v) is 6.40. The normalized spacial score (nSPS) is 17.0. The molecular formula is C14H15N2O5-. The maximum atomic E-state index is 11.7. The zero-order chi connectivity index (χ0) is 15.3. The Kier molecular flexibility index (Phi) is 4.66. The van der Waals surface area contributed by atoms with Crippen LogP contribution in [0.15, 0.2) is 29.4 Å². The molecule has 0 atom stereocenters. The summed E-state index contributed by atoms with van der Waals surface area (Å²) in [4.78, 5) is 22.3. The Morgan fingerprint density at radius 3 is 2.52 bits per heavy atom. The number of hydrogen-bond donors (Lipinski definition) is 1.